The Morgan fingerprint density at radius 3 is 2.95 bits per heavy atom. The van der Waals surface area contributed by atoms with Gasteiger partial charge in [-0.15, -0.1) is 0 Å². The summed E-state index contributed by atoms with van der Waals surface area (Å²) in [5.41, 5.74) is 1.59. The topological polar surface area (TPSA) is 43.3 Å². The third-order valence-corrected chi connectivity index (χ3v) is 3.29. The number of hydrogen-bond donors (Lipinski definition) is 1. The van der Waals surface area contributed by atoms with E-state index in [1.807, 2.05) is 35.9 Å². The molecule has 2 rings (SSSR count). The molecule has 0 saturated heterocycles. The summed E-state index contributed by atoms with van der Waals surface area (Å²) in [5.74, 6) is -0.0778. The molecule has 0 atom stereocenters. The monoisotopic (exact) mass is 280 g/mol. The predicted octanol–water partition coefficient (Wildman–Crippen LogP) is 2.60. The molecule has 0 saturated carbocycles. The molecule has 0 aliphatic rings. The molecule has 0 unspecified atom stereocenters. The number of halogens is 1. The second-order valence-electron chi connectivity index (χ2n) is 4.39. The number of rotatable bonds is 5. The van der Waals surface area contributed by atoms with E-state index < -0.39 is 0 Å². The molecule has 0 radical (unpaired) electrons. The number of carbonyl (C=O) groups excluding carboxylic acids is 1. The van der Waals surface area contributed by atoms with Gasteiger partial charge in [0.05, 0.1) is 0 Å². The maximum absolute atomic E-state index is 12.1. The quantitative estimate of drug-likeness (QED) is 0.856. The predicted molar refractivity (Wildman–Crippen MR) is 76.8 cm³/mol. The van der Waals surface area contributed by atoms with Crippen molar-refractivity contribution in [3.8, 4) is 0 Å². The summed E-state index contributed by atoms with van der Waals surface area (Å²) in [6.07, 6.45) is 0.804. The van der Waals surface area contributed by atoms with Gasteiger partial charge in [-0.3, -0.25) is 4.79 Å². The molecule has 0 spiro atoms. The molecule has 102 valence electrons. The zero-order chi connectivity index (χ0) is 13.8. The van der Waals surface area contributed by atoms with E-state index in [9.17, 15) is 4.79 Å². The first-order chi connectivity index (χ1) is 9.13. The Balaban J connectivity index is 2.16. The summed E-state index contributed by atoms with van der Waals surface area (Å²) in [7, 11) is 3.51. The fraction of sp³-hybridized carbons (Fsp3) is 0.357. The van der Waals surface area contributed by atoms with Crippen molar-refractivity contribution in [3.05, 3.63) is 35.0 Å². The van der Waals surface area contributed by atoms with Gasteiger partial charge in [-0.1, -0.05) is 17.7 Å². The van der Waals surface area contributed by atoms with Gasteiger partial charge in [-0.2, -0.15) is 0 Å². The molecular formula is C14H17ClN2O2. The Hall–Kier alpha value is -1.52. The third-order valence-electron chi connectivity index (χ3n) is 3.05. The average Bonchev–Trinajstić information content (AvgIpc) is 2.72. The van der Waals surface area contributed by atoms with Crippen LogP contribution in [0.5, 0.6) is 0 Å². The fourth-order valence-corrected chi connectivity index (χ4v) is 2.20. The SMILES string of the molecule is COCCCNC(=O)c1cc2ccc(Cl)cc2n1C. The second kappa shape index (κ2) is 6.08. The summed E-state index contributed by atoms with van der Waals surface area (Å²) in [4.78, 5) is 12.1. The molecule has 1 aromatic carbocycles. The van der Waals surface area contributed by atoms with Gasteiger partial charge in [0, 0.05) is 43.2 Å². The third kappa shape index (κ3) is 3.08. The lowest BCUT2D eigenvalue weighted by molar-refractivity contribution is 0.0941. The van der Waals surface area contributed by atoms with Gasteiger partial charge >= 0.3 is 0 Å². The van der Waals surface area contributed by atoms with E-state index in [1.54, 1.807) is 7.11 Å². The van der Waals surface area contributed by atoms with Gasteiger partial charge in [0.15, 0.2) is 0 Å². The molecule has 0 fully saturated rings. The number of benzene rings is 1. The van der Waals surface area contributed by atoms with Crippen molar-refractivity contribution in [2.24, 2.45) is 7.05 Å². The molecule has 1 heterocycles. The van der Waals surface area contributed by atoms with Crippen LogP contribution in [0.4, 0.5) is 0 Å². The summed E-state index contributed by atoms with van der Waals surface area (Å²) >= 11 is 5.97. The first-order valence-electron chi connectivity index (χ1n) is 6.15. The van der Waals surface area contributed by atoms with Crippen LogP contribution in [0, 0.1) is 0 Å². The number of aromatic nitrogens is 1. The lowest BCUT2D eigenvalue weighted by Crippen LogP contribution is -2.26. The number of aryl methyl sites for hydroxylation is 1. The van der Waals surface area contributed by atoms with Crippen LogP contribution in [0.25, 0.3) is 10.9 Å². The lowest BCUT2D eigenvalue weighted by atomic mass is 10.2. The summed E-state index contributed by atoms with van der Waals surface area (Å²) in [6.45, 7) is 1.25. The zero-order valence-electron chi connectivity index (χ0n) is 11.1. The number of fused-ring (bicyclic) bond motifs is 1. The van der Waals surface area contributed by atoms with Crippen molar-refractivity contribution in [1.82, 2.24) is 9.88 Å². The Labute approximate surface area is 117 Å². The number of methoxy groups -OCH3 is 1. The van der Waals surface area contributed by atoms with Crippen molar-refractivity contribution >= 4 is 28.4 Å². The minimum absolute atomic E-state index is 0.0778. The van der Waals surface area contributed by atoms with Gasteiger partial charge in [0.1, 0.15) is 5.69 Å². The molecule has 0 aliphatic heterocycles. The number of nitrogens with zero attached hydrogens (tertiary/aromatic N) is 1. The largest absolute Gasteiger partial charge is 0.385 e. The summed E-state index contributed by atoms with van der Waals surface area (Å²) < 4.78 is 6.80. The van der Waals surface area contributed by atoms with Crippen LogP contribution < -0.4 is 5.32 Å². The fourth-order valence-electron chi connectivity index (χ4n) is 2.03. The number of carbonyl (C=O) groups is 1. The van der Waals surface area contributed by atoms with Crippen LogP contribution in [0.2, 0.25) is 5.02 Å². The van der Waals surface area contributed by atoms with Crippen molar-refractivity contribution in [2.75, 3.05) is 20.3 Å². The first kappa shape index (κ1) is 13.9. The minimum atomic E-state index is -0.0778. The Morgan fingerprint density at radius 1 is 1.42 bits per heavy atom. The number of amides is 1. The highest BCUT2D eigenvalue weighted by Gasteiger charge is 2.12. The Kier molecular flexibility index (Phi) is 4.45. The molecule has 4 nitrogen and oxygen atoms in total. The molecule has 0 bridgehead atoms. The van der Waals surface area contributed by atoms with Crippen molar-refractivity contribution < 1.29 is 9.53 Å². The molecule has 1 N–H and O–H groups in total. The van der Waals surface area contributed by atoms with Crippen molar-refractivity contribution in [2.45, 2.75) is 6.42 Å². The van der Waals surface area contributed by atoms with E-state index in [-0.39, 0.29) is 5.91 Å². The summed E-state index contributed by atoms with van der Waals surface area (Å²) in [6, 6.07) is 7.47. The highest BCUT2D eigenvalue weighted by Crippen LogP contribution is 2.22. The lowest BCUT2D eigenvalue weighted by Gasteiger charge is -2.06. The summed E-state index contributed by atoms with van der Waals surface area (Å²) in [5, 5.41) is 4.55. The number of nitrogens with one attached hydrogen (secondary N) is 1. The highest BCUT2D eigenvalue weighted by molar-refractivity contribution is 6.31. The smallest absolute Gasteiger partial charge is 0.267 e. The van der Waals surface area contributed by atoms with E-state index >= 15 is 0 Å². The first-order valence-corrected chi connectivity index (χ1v) is 6.53. The van der Waals surface area contributed by atoms with Gasteiger partial charge < -0.3 is 14.6 Å². The molecule has 5 heteroatoms. The molecule has 19 heavy (non-hydrogen) atoms. The Bertz CT molecular complexity index is 592. The van der Waals surface area contributed by atoms with Crippen LogP contribution in [0.15, 0.2) is 24.3 Å². The van der Waals surface area contributed by atoms with Crippen LogP contribution in [-0.4, -0.2) is 30.7 Å². The van der Waals surface area contributed by atoms with E-state index in [1.165, 1.54) is 0 Å². The van der Waals surface area contributed by atoms with E-state index in [0.29, 0.717) is 23.9 Å². The number of hydrogen-bond acceptors (Lipinski definition) is 2. The van der Waals surface area contributed by atoms with Crippen molar-refractivity contribution in [3.63, 3.8) is 0 Å². The molecule has 1 aromatic heterocycles. The van der Waals surface area contributed by atoms with Crippen LogP contribution >= 0.6 is 11.6 Å². The minimum Gasteiger partial charge on any atom is -0.385 e. The van der Waals surface area contributed by atoms with Gasteiger partial charge in [-0.25, -0.2) is 0 Å². The number of ether oxygens (including phenoxy) is 1. The van der Waals surface area contributed by atoms with Crippen LogP contribution in [0.1, 0.15) is 16.9 Å². The van der Waals surface area contributed by atoms with Crippen LogP contribution in [-0.2, 0) is 11.8 Å². The highest BCUT2D eigenvalue weighted by atomic mass is 35.5. The van der Waals surface area contributed by atoms with E-state index in [2.05, 4.69) is 5.32 Å². The van der Waals surface area contributed by atoms with E-state index in [0.717, 1.165) is 17.3 Å². The van der Waals surface area contributed by atoms with Gasteiger partial charge in [-0.05, 0) is 24.6 Å². The maximum atomic E-state index is 12.1. The average molecular weight is 281 g/mol. The second-order valence-corrected chi connectivity index (χ2v) is 4.83. The maximum Gasteiger partial charge on any atom is 0.267 e. The van der Waals surface area contributed by atoms with Crippen LogP contribution in [0.3, 0.4) is 0 Å². The van der Waals surface area contributed by atoms with Gasteiger partial charge in [0.25, 0.3) is 5.91 Å². The molecule has 1 amide bonds. The van der Waals surface area contributed by atoms with E-state index in [4.69, 9.17) is 16.3 Å². The normalized spacial score (nSPS) is 10.9. The zero-order valence-corrected chi connectivity index (χ0v) is 11.8. The standard InChI is InChI=1S/C14H17ClN2O2/c1-17-12-9-11(15)5-4-10(12)8-13(17)14(18)16-6-3-7-19-2/h4-5,8-9H,3,6-7H2,1-2H3,(H,16,18). The van der Waals surface area contributed by atoms with Crippen molar-refractivity contribution in [1.29, 1.82) is 0 Å². The Morgan fingerprint density at radius 2 is 2.21 bits per heavy atom. The van der Waals surface area contributed by atoms with Gasteiger partial charge in [0.2, 0.25) is 0 Å². The molecular weight excluding hydrogens is 264 g/mol. The molecule has 2 aromatic rings. The molecule has 0 aliphatic carbocycles.